The number of aromatic nitrogens is 2. The quantitative estimate of drug-likeness (QED) is 0.256. The van der Waals surface area contributed by atoms with Gasteiger partial charge in [-0.25, -0.2) is 4.98 Å². The van der Waals surface area contributed by atoms with Gasteiger partial charge < -0.3 is 14.0 Å². The van der Waals surface area contributed by atoms with Crippen molar-refractivity contribution in [2.45, 2.75) is 6.54 Å². The highest BCUT2D eigenvalue weighted by molar-refractivity contribution is 6.30. The molecule has 0 N–H and O–H groups in total. The third-order valence-electron chi connectivity index (χ3n) is 7.31. The highest BCUT2D eigenvalue weighted by Crippen LogP contribution is 2.30. The fourth-order valence-electron chi connectivity index (χ4n) is 5.20. The molecule has 7 heteroatoms. The molecule has 0 spiro atoms. The number of imidazole rings is 1. The van der Waals surface area contributed by atoms with Gasteiger partial charge in [-0.1, -0.05) is 66.2 Å². The molecule has 1 amide bonds. The van der Waals surface area contributed by atoms with E-state index in [1.165, 1.54) is 0 Å². The SMILES string of the molecule is COc1ccccc1C(=O)N1CCN(Cc2c(-c3ccc(Cl)cc3)nc3ccc(-c4ccccc4)cn23)CC1. The number of nitrogens with zero attached hydrogens (tertiary/aromatic N) is 4. The Morgan fingerprint density at radius 1 is 0.821 bits per heavy atom. The molecule has 3 heterocycles. The zero-order chi connectivity index (χ0) is 26.8. The van der Waals surface area contributed by atoms with Crippen LogP contribution in [0.2, 0.25) is 5.02 Å². The lowest BCUT2D eigenvalue weighted by atomic mass is 10.1. The first-order valence-corrected chi connectivity index (χ1v) is 13.5. The molecule has 3 aromatic carbocycles. The van der Waals surface area contributed by atoms with E-state index >= 15 is 0 Å². The molecule has 0 bridgehead atoms. The van der Waals surface area contributed by atoms with Crippen LogP contribution in [0.3, 0.4) is 0 Å². The summed E-state index contributed by atoms with van der Waals surface area (Å²) >= 11 is 6.19. The van der Waals surface area contributed by atoms with Crippen molar-refractivity contribution in [3.8, 4) is 28.1 Å². The molecule has 2 aromatic heterocycles. The van der Waals surface area contributed by atoms with Gasteiger partial charge >= 0.3 is 0 Å². The molecule has 1 saturated heterocycles. The van der Waals surface area contributed by atoms with Gasteiger partial charge in [-0.2, -0.15) is 0 Å². The largest absolute Gasteiger partial charge is 0.496 e. The summed E-state index contributed by atoms with van der Waals surface area (Å²) in [5, 5.41) is 0.700. The molecule has 1 fully saturated rings. The summed E-state index contributed by atoms with van der Waals surface area (Å²) < 4.78 is 7.62. The van der Waals surface area contributed by atoms with Gasteiger partial charge in [0.2, 0.25) is 0 Å². The van der Waals surface area contributed by atoms with Crippen LogP contribution < -0.4 is 4.74 Å². The van der Waals surface area contributed by atoms with E-state index in [1.54, 1.807) is 7.11 Å². The maximum Gasteiger partial charge on any atom is 0.257 e. The van der Waals surface area contributed by atoms with Gasteiger partial charge in [-0.15, -0.1) is 0 Å². The molecule has 0 atom stereocenters. The smallest absolute Gasteiger partial charge is 0.257 e. The molecule has 0 radical (unpaired) electrons. The highest BCUT2D eigenvalue weighted by atomic mass is 35.5. The van der Waals surface area contributed by atoms with E-state index in [1.807, 2.05) is 59.5 Å². The lowest BCUT2D eigenvalue weighted by Crippen LogP contribution is -2.48. The van der Waals surface area contributed by atoms with Crippen molar-refractivity contribution in [1.82, 2.24) is 19.2 Å². The fourth-order valence-corrected chi connectivity index (χ4v) is 5.32. The van der Waals surface area contributed by atoms with Crippen LogP contribution in [0.15, 0.2) is 97.2 Å². The number of pyridine rings is 1. The summed E-state index contributed by atoms with van der Waals surface area (Å²) in [6, 6.07) is 29.8. The monoisotopic (exact) mass is 536 g/mol. The Labute approximate surface area is 233 Å². The Morgan fingerprint density at radius 3 is 2.26 bits per heavy atom. The van der Waals surface area contributed by atoms with E-state index < -0.39 is 0 Å². The van der Waals surface area contributed by atoms with Crippen molar-refractivity contribution >= 4 is 23.2 Å². The predicted octanol–water partition coefficient (Wildman–Crippen LogP) is 6.29. The van der Waals surface area contributed by atoms with Crippen molar-refractivity contribution in [3.05, 3.63) is 113 Å². The Balaban J connectivity index is 1.29. The Bertz CT molecular complexity index is 1610. The van der Waals surface area contributed by atoms with E-state index in [9.17, 15) is 4.79 Å². The van der Waals surface area contributed by atoms with Crippen LogP contribution >= 0.6 is 11.6 Å². The van der Waals surface area contributed by atoms with Crippen LogP contribution in [0.4, 0.5) is 0 Å². The second kappa shape index (κ2) is 10.9. The molecule has 0 saturated carbocycles. The van der Waals surface area contributed by atoms with Crippen molar-refractivity contribution in [2.75, 3.05) is 33.3 Å². The van der Waals surface area contributed by atoms with Gasteiger partial charge in [0, 0.05) is 49.5 Å². The lowest BCUT2D eigenvalue weighted by Gasteiger charge is -2.35. The first kappa shape index (κ1) is 25.2. The number of halogens is 1. The summed E-state index contributed by atoms with van der Waals surface area (Å²) in [6.45, 7) is 3.56. The van der Waals surface area contributed by atoms with Gasteiger partial charge in [0.05, 0.1) is 24.1 Å². The summed E-state index contributed by atoms with van der Waals surface area (Å²) in [7, 11) is 1.60. The molecule has 6 nitrogen and oxygen atoms in total. The number of carbonyl (C=O) groups excluding carboxylic acids is 1. The van der Waals surface area contributed by atoms with E-state index in [0.29, 0.717) is 36.0 Å². The third kappa shape index (κ3) is 5.13. The maximum atomic E-state index is 13.2. The number of hydrogen-bond donors (Lipinski definition) is 0. The number of hydrogen-bond acceptors (Lipinski definition) is 4. The Morgan fingerprint density at radius 2 is 1.51 bits per heavy atom. The van der Waals surface area contributed by atoms with Crippen molar-refractivity contribution in [2.24, 2.45) is 0 Å². The molecular formula is C32H29ClN4O2. The zero-order valence-electron chi connectivity index (χ0n) is 21.8. The second-order valence-electron chi connectivity index (χ2n) is 9.69. The lowest BCUT2D eigenvalue weighted by molar-refractivity contribution is 0.0623. The number of benzene rings is 3. The highest BCUT2D eigenvalue weighted by Gasteiger charge is 2.26. The molecule has 1 aliphatic rings. The number of methoxy groups -OCH3 is 1. The van der Waals surface area contributed by atoms with Crippen LogP contribution in [0.5, 0.6) is 5.75 Å². The number of ether oxygens (including phenoxy) is 1. The number of piperazine rings is 1. The Hall–Kier alpha value is -4.13. The van der Waals surface area contributed by atoms with Gasteiger partial charge in [-0.3, -0.25) is 9.69 Å². The van der Waals surface area contributed by atoms with Crippen LogP contribution in [0.1, 0.15) is 16.1 Å². The molecule has 0 aliphatic carbocycles. The predicted molar refractivity (Wildman–Crippen MR) is 155 cm³/mol. The molecule has 6 rings (SSSR count). The standard InChI is InChI=1S/C32H29ClN4O2/c1-39-29-10-6-5-9-27(29)32(38)36-19-17-35(18-20-36)22-28-31(24-11-14-26(33)15-12-24)34-30-16-13-25(21-37(28)30)23-7-3-2-4-8-23/h2-16,21H,17-20,22H2,1H3. The number of para-hydroxylation sites is 1. The van der Waals surface area contributed by atoms with Crippen molar-refractivity contribution < 1.29 is 9.53 Å². The molecule has 5 aromatic rings. The third-order valence-corrected chi connectivity index (χ3v) is 7.56. The normalized spacial score (nSPS) is 14.1. The maximum absolute atomic E-state index is 13.2. The van der Waals surface area contributed by atoms with Crippen molar-refractivity contribution in [3.63, 3.8) is 0 Å². The van der Waals surface area contributed by atoms with E-state index in [0.717, 1.165) is 46.8 Å². The first-order valence-electron chi connectivity index (χ1n) is 13.1. The summed E-state index contributed by atoms with van der Waals surface area (Å²) in [4.78, 5) is 22.6. The van der Waals surface area contributed by atoms with E-state index in [4.69, 9.17) is 21.3 Å². The zero-order valence-corrected chi connectivity index (χ0v) is 22.5. The molecule has 1 aliphatic heterocycles. The van der Waals surface area contributed by atoms with Crippen LogP contribution in [-0.2, 0) is 6.54 Å². The molecular weight excluding hydrogens is 508 g/mol. The second-order valence-corrected chi connectivity index (χ2v) is 10.1. The number of fused-ring (bicyclic) bond motifs is 1. The topological polar surface area (TPSA) is 50.1 Å². The minimum Gasteiger partial charge on any atom is -0.496 e. The average Bonchev–Trinajstić information content (AvgIpc) is 3.35. The average molecular weight is 537 g/mol. The van der Waals surface area contributed by atoms with Crippen molar-refractivity contribution in [1.29, 1.82) is 0 Å². The van der Waals surface area contributed by atoms with Gasteiger partial charge in [-0.05, 0) is 47.5 Å². The first-order chi connectivity index (χ1) is 19.1. The minimum absolute atomic E-state index is 0.0104. The molecule has 196 valence electrons. The van der Waals surface area contributed by atoms with Crippen LogP contribution in [-0.4, -0.2) is 58.4 Å². The van der Waals surface area contributed by atoms with Gasteiger partial charge in [0.15, 0.2) is 0 Å². The number of rotatable bonds is 6. The summed E-state index contributed by atoms with van der Waals surface area (Å²) in [5.74, 6) is 0.619. The Kier molecular flexibility index (Phi) is 7.05. The summed E-state index contributed by atoms with van der Waals surface area (Å²) in [5.41, 5.74) is 6.91. The van der Waals surface area contributed by atoms with Crippen LogP contribution in [0, 0.1) is 0 Å². The molecule has 0 unspecified atom stereocenters. The fraction of sp³-hybridized carbons (Fsp3) is 0.188. The minimum atomic E-state index is 0.0104. The number of carbonyl (C=O) groups is 1. The van der Waals surface area contributed by atoms with Gasteiger partial charge in [0.25, 0.3) is 5.91 Å². The van der Waals surface area contributed by atoms with Crippen LogP contribution in [0.25, 0.3) is 28.0 Å². The van der Waals surface area contributed by atoms with Gasteiger partial charge in [0.1, 0.15) is 11.4 Å². The number of amides is 1. The summed E-state index contributed by atoms with van der Waals surface area (Å²) in [6.07, 6.45) is 2.17. The molecule has 39 heavy (non-hydrogen) atoms. The van der Waals surface area contributed by atoms with E-state index in [2.05, 4.69) is 51.9 Å². The van der Waals surface area contributed by atoms with E-state index in [-0.39, 0.29) is 5.91 Å².